The topological polar surface area (TPSA) is 55.2 Å². The quantitative estimate of drug-likeness (QED) is 0.536. The van der Waals surface area contributed by atoms with Crippen molar-refractivity contribution in [1.82, 2.24) is 0 Å². The summed E-state index contributed by atoms with van der Waals surface area (Å²) in [5, 5.41) is 14.4. The molecule has 5 heteroatoms. The zero-order chi connectivity index (χ0) is 16.2. The van der Waals surface area contributed by atoms with Crippen molar-refractivity contribution in [3.05, 3.63) is 88.7 Å². The van der Waals surface area contributed by atoms with Gasteiger partial charge in [0.15, 0.2) is 0 Å². The van der Waals surface area contributed by atoms with Crippen LogP contribution in [0.2, 0.25) is 0 Å². The van der Waals surface area contributed by atoms with Crippen molar-refractivity contribution >= 4 is 17.1 Å². The second-order valence-corrected chi connectivity index (χ2v) is 4.99. The molecule has 0 atom stereocenters. The lowest BCUT2D eigenvalue weighted by molar-refractivity contribution is -0.384. The number of hydrogen-bond donors (Lipinski definition) is 1. The van der Waals surface area contributed by atoms with E-state index in [1.165, 1.54) is 18.2 Å². The Balaban J connectivity index is 1.96. The molecule has 0 bridgehead atoms. The number of rotatable bonds is 4. The highest BCUT2D eigenvalue weighted by molar-refractivity contribution is 5.77. The molecule has 0 amide bonds. The Morgan fingerprint density at radius 2 is 1.52 bits per heavy atom. The van der Waals surface area contributed by atoms with Gasteiger partial charge in [-0.2, -0.15) is 0 Å². The van der Waals surface area contributed by atoms with Gasteiger partial charge in [0, 0.05) is 17.4 Å². The molecular formula is C18H13FN2O2. The van der Waals surface area contributed by atoms with Crippen molar-refractivity contribution in [2.75, 3.05) is 5.32 Å². The zero-order valence-electron chi connectivity index (χ0n) is 12.1. The summed E-state index contributed by atoms with van der Waals surface area (Å²) < 4.78 is 12.9. The molecule has 0 aliphatic carbocycles. The van der Waals surface area contributed by atoms with Gasteiger partial charge in [-0.05, 0) is 42.0 Å². The summed E-state index contributed by atoms with van der Waals surface area (Å²) in [5.41, 5.74) is 2.59. The summed E-state index contributed by atoms with van der Waals surface area (Å²) in [7, 11) is 0. The predicted molar refractivity (Wildman–Crippen MR) is 88.2 cm³/mol. The summed E-state index contributed by atoms with van der Waals surface area (Å²) in [5.74, 6) is -0.332. The van der Waals surface area contributed by atoms with E-state index in [1.807, 2.05) is 30.3 Å². The maximum atomic E-state index is 12.9. The van der Waals surface area contributed by atoms with Gasteiger partial charge in [0.25, 0.3) is 5.69 Å². The van der Waals surface area contributed by atoms with E-state index < -0.39 is 4.92 Å². The molecule has 0 aliphatic rings. The molecule has 4 nitrogen and oxygen atoms in total. The Bertz CT molecular complexity index is 833. The Labute approximate surface area is 132 Å². The van der Waals surface area contributed by atoms with E-state index in [-0.39, 0.29) is 11.5 Å². The van der Waals surface area contributed by atoms with Gasteiger partial charge in [0.05, 0.1) is 10.5 Å². The maximum absolute atomic E-state index is 12.9. The third kappa shape index (κ3) is 3.35. The largest absolute Gasteiger partial charge is 0.355 e. The normalized spacial score (nSPS) is 10.3. The highest BCUT2D eigenvalue weighted by atomic mass is 19.1. The Hall–Kier alpha value is -3.21. The van der Waals surface area contributed by atoms with E-state index >= 15 is 0 Å². The Morgan fingerprint density at radius 1 is 0.870 bits per heavy atom. The smallest absolute Gasteiger partial charge is 0.279 e. The number of halogens is 1. The molecule has 0 saturated heterocycles. The number of nitrogens with zero attached hydrogens (tertiary/aromatic N) is 1. The Kier molecular flexibility index (Phi) is 4.01. The van der Waals surface area contributed by atoms with Crippen LogP contribution in [0.15, 0.2) is 72.8 Å². The van der Waals surface area contributed by atoms with Crippen LogP contribution < -0.4 is 5.32 Å². The van der Waals surface area contributed by atoms with Crippen molar-refractivity contribution in [3.8, 4) is 11.1 Å². The summed E-state index contributed by atoms with van der Waals surface area (Å²) in [6.07, 6.45) is 0. The van der Waals surface area contributed by atoms with Crippen LogP contribution in [0, 0.1) is 15.9 Å². The van der Waals surface area contributed by atoms with Crippen LogP contribution in [0.5, 0.6) is 0 Å². The van der Waals surface area contributed by atoms with Crippen LogP contribution in [0.1, 0.15) is 0 Å². The first-order chi connectivity index (χ1) is 11.1. The van der Waals surface area contributed by atoms with Crippen molar-refractivity contribution in [3.63, 3.8) is 0 Å². The monoisotopic (exact) mass is 308 g/mol. The number of hydrogen-bond acceptors (Lipinski definition) is 3. The molecule has 114 valence electrons. The van der Waals surface area contributed by atoms with Crippen LogP contribution >= 0.6 is 0 Å². The summed E-state index contributed by atoms with van der Waals surface area (Å²) >= 11 is 0. The summed E-state index contributed by atoms with van der Waals surface area (Å²) in [6, 6.07) is 19.9. The first-order valence-electron chi connectivity index (χ1n) is 7.00. The first kappa shape index (κ1) is 14.7. The number of nitrogens with one attached hydrogen (secondary N) is 1. The molecular weight excluding hydrogens is 295 g/mol. The predicted octanol–water partition coefficient (Wildman–Crippen LogP) is 5.14. The van der Waals surface area contributed by atoms with Gasteiger partial charge in [0.1, 0.15) is 5.82 Å². The lowest BCUT2D eigenvalue weighted by atomic mass is 10.0. The molecule has 0 saturated carbocycles. The molecule has 0 spiro atoms. The molecule has 3 aromatic rings. The zero-order valence-corrected chi connectivity index (χ0v) is 12.1. The molecule has 0 heterocycles. The van der Waals surface area contributed by atoms with Crippen LogP contribution in [0.25, 0.3) is 11.1 Å². The molecule has 3 aromatic carbocycles. The number of nitro groups is 1. The highest BCUT2D eigenvalue weighted by Gasteiger charge is 2.16. The highest BCUT2D eigenvalue weighted by Crippen LogP contribution is 2.33. The van der Waals surface area contributed by atoms with E-state index in [1.54, 1.807) is 24.3 Å². The molecule has 0 fully saturated rings. The number of anilines is 2. The maximum Gasteiger partial charge on any atom is 0.279 e. The fourth-order valence-corrected chi connectivity index (χ4v) is 2.32. The van der Waals surface area contributed by atoms with Gasteiger partial charge in [0.2, 0.25) is 0 Å². The minimum atomic E-state index is -0.405. The average Bonchev–Trinajstić information content (AvgIpc) is 2.57. The average molecular weight is 308 g/mol. The van der Waals surface area contributed by atoms with E-state index in [0.29, 0.717) is 16.9 Å². The van der Waals surface area contributed by atoms with Crippen molar-refractivity contribution in [1.29, 1.82) is 0 Å². The summed E-state index contributed by atoms with van der Waals surface area (Å²) in [4.78, 5) is 11.0. The molecule has 3 rings (SSSR count). The second kappa shape index (κ2) is 6.27. The van der Waals surface area contributed by atoms with Crippen molar-refractivity contribution < 1.29 is 9.31 Å². The molecule has 0 aromatic heterocycles. The Morgan fingerprint density at radius 3 is 2.17 bits per heavy atom. The van der Waals surface area contributed by atoms with E-state index in [9.17, 15) is 14.5 Å². The second-order valence-electron chi connectivity index (χ2n) is 4.99. The van der Waals surface area contributed by atoms with Crippen molar-refractivity contribution in [2.45, 2.75) is 0 Å². The van der Waals surface area contributed by atoms with Gasteiger partial charge in [-0.3, -0.25) is 10.1 Å². The third-order valence-electron chi connectivity index (χ3n) is 3.41. The molecule has 0 unspecified atom stereocenters. The minimum Gasteiger partial charge on any atom is -0.355 e. The number of benzene rings is 3. The molecule has 0 aliphatic heterocycles. The number of nitro benzene ring substituents is 1. The van der Waals surface area contributed by atoms with Gasteiger partial charge in [-0.25, -0.2) is 4.39 Å². The minimum absolute atomic E-state index is 0.0170. The van der Waals surface area contributed by atoms with Crippen LogP contribution in [-0.2, 0) is 0 Å². The SMILES string of the molecule is O=[N+]([O-])c1cc(Nc2ccc(F)cc2)ccc1-c1ccccc1. The fourth-order valence-electron chi connectivity index (χ4n) is 2.32. The lowest BCUT2D eigenvalue weighted by Gasteiger charge is -2.09. The standard InChI is InChI=1S/C18H13FN2O2/c19-14-6-8-15(9-7-14)20-16-10-11-17(18(12-16)21(22)23)13-4-2-1-3-5-13/h1-12,20H. The first-order valence-corrected chi connectivity index (χ1v) is 7.00. The van der Waals surface area contributed by atoms with Crippen LogP contribution in [0.3, 0.4) is 0 Å². The summed E-state index contributed by atoms with van der Waals surface area (Å²) in [6.45, 7) is 0. The lowest BCUT2D eigenvalue weighted by Crippen LogP contribution is -1.96. The van der Waals surface area contributed by atoms with E-state index in [2.05, 4.69) is 5.32 Å². The molecule has 0 radical (unpaired) electrons. The van der Waals surface area contributed by atoms with Crippen LogP contribution in [0.4, 0.5) is 21.5 Å². The van der Waals surface area contributed by atoms with E-state index in [0.717, 1.165) is 5.56 Å². The van der Waals surface area contributed by atoms with Gasteiger partial charge >= 0.3 is 0 Å². The van der Waals surface area contributed by atoms with E-state index in [4.69, 9.17) is 0 Å². The van der Waals surface area contributed by atoms with Crippen LogP contribution in [-0.4, -0.2) is 4.92 Å². The third-order valence-corrected chi connectivity index (χ3v) is 3.41. The fraction of sp³-hybridized carbons (Fsp3) is 0. The van der Waals surface area contributed by atoms with Gasteiger partial charge in [-0.1, -0.05) is 30.3 Å². The van der Waals surface area contributed by atoms with Gasteiger partial charge < -0.3 is 5.32 Å². The van der Waals surface area contributed by atoms with Crippen molar-refractivity contribution in [2.24, 2.45) is 0 Å². The molecule has 1 N–H and O–H groups in total. The van der Waals surface area contributed by atoms with Gasteiger partial charge in [-0.15, -0.1) is 0 Å². The molecule has 23 heavy (non-hydrogen) atoms.